The Bertz CT molecular complexity index is 881. The van der Waals surface area contributed by atoms with Crippen molar-refractivity contribution >= 4 is 17.5 Å². The lowest BCUT2D eigenvalue weighted by molar-refractivity contribution is -0.115. The molecule has 0 atom stereocenters. The van der Waals surface area contributed by atoms with Gasteiger partial charge in [0.15, 0.2) is 11.6 Å². The zero-order valence-electron chi connectivity index (χ0n) is 17.0. The summed E-state index contributed by atoms with van der Waals surface area (Å²) in [5.41, 5.74) is 1.64. The number of ether oxygens (including phenoxy) is 1. The van der Waals surface area contributed by atoms with Crippen LogP contribution >= 0.6 is 0 Å². The number of nitrogens with one attached hydrogen (secondary N) is 1. The Labute approximate surface area is 174 Å². The van der Waals surface area contributed by atoms with E-state index >= 15 is 0 Å². The Morgan fingerprint density at radius 1 is 1.28 bits per heavy atom. The molecule has 2 aromatic rings. The lowest BCUT2D eigenvalue weighted by Gasteiger charge is -2.31. The van der Waals surface area contributed by atoms with Crippen LogP contribution in [0, 0.1) is 5.92 Å². The maximum Gasteiger partial charge on any atom is 0.245 e. The predicted molar refractivity (Wildman–Crippen MR) is 116 cm³/mol. The lowest BCUT2D eigenvalue weighted by Crippen LogP contribution is -2.40. The van der Waals surface area contributed by atoms with Crippen molar-refractivity contribution in [3.8, 4) is 11.3 Å². The average Bonchev–Trinajstić information content (AvgIpc) is 2.72. The maximum atomic E-state index is 12.1. The van der Waals surface area contributed by atoms with Crippen LogP contribution in [0.4, 0.5) is 11.6 Å². The largest absolute Gasteiger partial charge is 0.386 e. The van der Waals surface area contributed by atoms with E-state index in [1.54, 1.807) is 20.0 Å². The number of anilines is 2. The van der Waals surface area contributed by atoms with Gasteiger partial charge in [-0.15, -0.1) is 0 Å². The molecular weight excluding hydrogens is 368 g/mol. The first-order valence-electron chi connectivity index (χ1n) is 10.2. The second-order valence-electron chi connectivity index (χ2n) is 8.38. The molecule has 2 N–H and O–H groups in total. The fourth-order valence-corrected chi connectivity index (χ4v) is 3.85. The molecule has 0 saturated carbocycles. The second-order valence-corrected chi connectivity index (χ2v) is 8.38. The van der Waals surface area contributed by atoms with E-state index in [9.17, 15) is 9.90 Å². The van der Waals surface area contributed by atoms with E-state index in [1.165, 1.54) is 0 Å². The predicted octanol–water partition coefficient (Wildman–Crippen LogP) is 3.44. The van der Waals surface area contributed by atoms with Crippen LogP contribution in [0.2, 0.25) is 0 Å². The maximum absolute atomic E-state index is 12.1. The third kappa shape index (κ3) is 4.57. The molecule has 0 spiro atoms. The third-order valence-electron chi connectivity index (χ3n) is 5.68. The van der Waals surface area contributed by atoms with Gasteiger partial charge in [0, 0.05) is 28.2 Å². The van der Waals surface area contributed by atoms with Gasteiger partial charge < -0.3 is 20.1 Å². The molecule has 2 aliphatic rings. The molecule has 0 aliphatic carbocycles. The molecule has 1 aromatic heterocycles. The van der Waals surface area contributed by atoms with Crippen molar-refractivity contribution in [3.63, 3.8) is 0 Å². The summed E-state index contributed by atoms with van der Waals surface area (Å²) in [6, 6.07) is 7.69. The zero-order valence-corrected chi connectivity index (χ0v) is 17.0. The van der Waals surface area contributed by atoms with Gasteiger partial charge in [0.05, 0.1) is 24.0 Å². The quantitative estimate of drug-likeness (QED) is 0.799. The smallest absolute Gasteiger partial charge is 0.245 e. The topological polar surface area (TPSA) is 87.6 Å². The highest BCUT2D eigenvalue weighted by atomic mass is 16.5. The Hall–Kier alpha value is -2.51. The van der Waals surface area contributed by atoms with Gasteiger partial charge in [-0.3, -0.25) is 4.79 Å². The first-order chi connectivity index (χ1) is 13.9. The molecule has 7 heteroatoms. The van der Waals surface area contributed by atoms with Crippen molar-refractivity contribution in [2.75, 3.05) is 36.5 Å². The number of amides is 1. The highest BCUT2D eigenvalue weighted by Gasteiger charge is 2.26. The van der Waals surface area contributed by atoms with Gasteiger partial charge >= 0.3 is 0 Å². The van der Waals surface area contributed by atoms with E-state index in [-0.39, 0.29) is 8.76 Å². The summed E-state index contributed by atoms with van der Waals surface area (Å²) in [7, 11) is 0. The van der Waals surface area contributed by atoms with E-state index < -0.39 is 5.60 Å². The fourth-order valence-electron chi connectivity index (χ4n) is 3.85. The number of aromatic nitrogens is 2. The number of hydrogen-bond acceptors (Lipinski definition) is 6. The van der Waals surface area contributed by atoms with Gasteiger partial charge in [0.1, 0.15) is 0 Å². The number of fused-ring (bicyclic) bond motifs is 1. The van der Waals surface area contributed by atoms with E-state index in [1.807, 2.05) is 29.2 Å². The molecule has 0 radical (unpaired) electrons. The molecule has 29 heavy (non-hydrogen) atoms. The summed E-state index contributed by atoms with van der Waals surface area (Å²) < 4.78 is 5.44. The van der Waals surface area contributed by atoms with E-state index in [0.717, 1.165) is 61.7 Å². The van der Waals surface area contributed by atoms with Crippen LogP contribution < -0.4 is 10.2 Å². The number of rotatable bonds is 5. The summed E-state index contributed by atoms with van der Waals surface area (Å²) in [6.07, 6.45) is 4.85. The first kappa shape index (κ1) is 19.8. The minimum atomic E-state index is -0.884. The summed E-state index contributed by atoms with van der Waals surface area (Å²) in [5, 5.41) is 13.0. The fraction of sp³-hybridized carbons (Fsp3) is 0.500. The van der Waals surface area contributed by atoms with E-state index in [0.29, 0.717) is 18.3 Å². The number of carbonyl (C=O) groups is 1. The number of hydrogen-bond donors (Lipinski definition) is 2. The molecule has 3 heterocycles. The molecule has 7 nitrogen and oxygen atoms in total. The Morgan fingerprint density at radius 3 is 2.69 bits per heavy atom. The van der Waals surface area contributed by atoms with Crippen LogP contribution in [0.25, 0.3) is 11.3 Å². The number of aliphatic hydroxyl groups is 1. The third-order valence-corrected chi connectivity index (χ3v) is 5.68. The van der Waals surface area contributed by atoms with Crippen molar-refractivity contribution in [2.24, 2.45) is 5.92 Å². The van der Waals surface area contributed by atoms with Crippen molar-refractivity contribution in [1.82, 2.24) is 9.97 Å². The molecule has 1 aromatic carbocycles. The number of carbonyl (C=O) groups excluding carboxylic acids is 1. The monoisotopic (exact) mass is 400 g/mol. The average molecular weight is 401 g/mol. The lowest BCUT2D eigenvalue weighted by atomic mass is 9.96. The minimum Gasteiger partial charge on any atom is -0.386 e. The normalized spacial score (nSPS) is 17.8. The zero-order chi connectivity index (χ0) is 20.4. The molecule has 0 bridgehead atoms. The van der Waals surface area contributed by atoms with Crippen molar-refractivity contribution in [2.45, 2.75) is 38.7 Å². The molecule has 2 aliphatic heterocycles. The van der Waals surface area contributed by atoms with Gasteiger partial charge in [0.2, 0.25) is 5.91 Å². The van der Waals surface area contributed by atoms with Gasteiger partial charge in [-0.1, -0.05) is 24.3 Å². The van der Waals surface area contributed by atoms with Gasteiger partial charge in [0.25, 0.3) is 0 Å². The van der Waals surface area contributed by atoms with Crippen molar-refractivity contribution in [1.29, 1.82) is 0 Å². The molecule has 1 amide bonds. The summed E-state index contributed by atoms with van der Waals surface area (Å²) in [5.74, 6) is 1.81. The van der Waals surface area contributed by atoms with Gasteiger partial charge in [-0.25, -0.2) is 9.97 Å². The second kappa shape index (κ2) is 8.08. The van der Waals surface area contributed by atoms with Crippen LogP contribution in [-0.4, -0.2) is 47.3 Å². The molecule has 1 saturated heterocycles. The van der Waals surface area contributed by atoms with Crippen LogP contribution in [0.1, 0.15) is 41.5 Å². The van der Waals surface area contributed by atoms with Crippen molar-refractivity contribution < 1.29 is 17.5 Å². The summed E-state index contributed by atoms with van der Waals surface area (Å²) >= 11 is 0. The molecule has 158 valence electrons. The van der Waals surface area contributed by atoms with Gasteiger partial charge in [-0.05, 0) is 44.6 Å². The van der Waals surface area contributed by atoms with Gasteiger partial charge in [-0.2, -0.15) is 0 Å². The first-order valence-corrected chi connectivity index (χ1v) is 10.2. The highest BCUT2D eigenvalue weighted by molar-refractivity contribution is 5.99. The Kier molecular flexibility index (Phi) is 5.52. The van der Waals surface area contributed by atoms with E-state index in [4.69, 9.17) is 9.72 Å². The number of benzene rings is 1. The summed E-state index contributed by atoms with van der Waals surface area (Å²) in [6.45, 7) is 6.25. The molecule has 0 unspecified atom stereocenters. The minimum absolute atomic E-state index is 0. The summed E-state index contributed by atoms with van der Waals surface area (Å²) in [4.78, 5) is 23.4. The van der Waals surface area contributed by atoms with Crippen LogP contribution in [-0.2, 0) is 15.1 Å². The SMILES string of the molecule is CC(C)(O)c1ccc(-c2cnc3c(n2)N(CCC2CCOCC2)CC(=O)N3)cc1.[HH].[HH]. The number of nitrogens with zero attached hydrogens (tertiary/aromatic N) is 3. The Balaban J connectivity index is 0.00000171. The van der Waals surface area contributed by atoms with Crippen LogP contribution in [0.3, 0.4) is 0 Å². The molecule has 4 rings (SSSR count). The Morgan fingerprint density at radius 2 is 2.00 bits per heavy atom. The van der Waals surface area contributed by atoms with E-state index in [2.05, 4.69) is 10.3 Å². The standard InChI is InChI=1S/C22H28N4O3.2H2/c1-22(2,28)17-5-3-16(4-6-17)18-13-23-20-21(24-18)26(14-19(27)25-20)10-7-15-8-11-29-12-9-15;;/h3-6,13,15,28H,7-12,14H2,1-2H3,(H,23,25,27);2*1H. The van der Waals surface area contributed by atoms with Crippen molar-refractivity contribution in [3.05, 3.63) is 36.0 Å². The molecule has 1 fully saturated rings. The van der Waals surface area contributed by atoms with Crippen LogP contribution in [0.5, 0.6) is 0 Å². The van der Waals surface area contributed by atoms with Crippen LogP contribution in [0.15, 0.2) is 30.5 Å². The highest BCUT2D eigenvalue weighted by Crippen LogP contribution is 2.30. The molecular formula is C22H32N4O3.